The predicted octanol–water partition coefficient (Wildman–Crippen LogP) is 2.64. The zero-order valence-corrected chi connectivity index (χ0v) is 12.3. The highest BCUT2D eigenvalue weighted by atomic mass is 28.4. The van der Waals surface area contributed by atoms with E-state index in [1.165, 1.54) is 0 Å². The average Bonchev–Trinajstić information content (AvgIpc) is 2.15. The first-order valence-corrected chi connectivity index (χ1v) is 8.56. The van der Waals surface area contributed by atoms with Crippen molar-refractivity contribution in [3.63, 3.8) is 0 Å². The molecular weight excluding hydrogens is 224 g/mol. The average molecular weight is 250 g/mol. The van der Waals surface area contributed by atoms with Gasteiger partial charge in [-0.25, -0.2) is 4.89 Å². The summed E-state index contributed by atoms with van der Waals surface area (Å²) in [6.45, 7) is 12.8. The van der Waals surface area contributed by atoms with Crippen LogP contribution in [0.4, 0.5) is 0 Å². The predicted molar refractivity (Wildman–Crippen MR) is 67.0 cm³/mol. The molecule has 0 aromatic carbocycles. The Kier molecular flexibility index (Phi) is 5.62. The molecule has 0 spiro atoms. The molecule has 16 heavy (non-hydrogen) atoms. The van der Waals surface area contributed by atoms with E-state index < -0.39 is 13.9 Å². The van der Waals surface area contributed by atoms with Gasteiger partial charge in [-0.05, 0) is 25.1 Å². The molecule has 0 aromatic heterocycles. The number of aliphatic hydroxyl groups excluding tert-OH is 1. The van der Waals surface area contributed by atoms with Crippen LogP contribution in [0, 0.1) is 0 Å². The van der Waals surface area contributed by atoms with E-state index in [-0.39, 0.29) is 11.6 Å². The van der Waals surface area contributed by atoms with Crippen LogP contribution in [0.1, 0.15) is 34.1 Å². The first-order valence-electron chi connectivity index (χ1n) is 5.65. The zero-order valence-electron chi connectivity index (χ0n) is 11.3. The fourth-order valence-corrected chi connectivity index (χ4v) is 1.94. The molecule has 0 aliphatic heterocycles. The second-order valence-corrected chi connectivity index (χ2v) is 10.9. The Morgan fingerprint density at radius 1 is 1.12 bits per heavy atom. The van der Waals surface area contributed by atoms with Gasteiger partial charge in [0.25, 0.3) is 0 Å². The second kappa shape index (κ2) is 5.60. The summed E-state index contributed by atoms with van der Waals surface area (Å²) in [5.41, 5.74) is -0.914. The van der Waals surface area contributed by atoms with Crippen LogP contribution in [0.3, 0.4) is 0 Å². The molecule has 0 bridgehead atoms. The summed E-state index contributed by atoms with van der Waals surface area (Å²) in [5.74, 6) is 0. The van der Waals surface area contributed by atoms with E-state index in [0.717, 1.165) is 0 Å². The molecule has 0 rings (SSSR count). The van der Waals surface area contributed by atoms with Gasteiger partial charge in [0.05, 0.1) is 6.61 Å². The van der Waals surface area contributed by atoms with Gasteiger partial charge in [0.15, 0.2) is 8.32 Å². The van der Waals surface area contributed by atoms with Crippen LogP contribution < -0.4 is 0 Å². The standard InChI is InChI=1S/C11H26O4Si/c1-10(2,3)16(5,6)14-8-7-11(4,9-12)15-13/h12-13H,7-9H2,1-6H3. The van der Waals surface area contributed by atoms with Gasteiger partial charge in [-0.1, -0.05) is 20.8 Å². The molecule has 98 valence electrons. The van der Waals surface area contributed by atoms with Crippen molar-refractivity contribution in [2.45, 2.75) is 57.8 Å². The maximum atomic E-state index is 9.05. The van der Waals surface area contributed by atoms with Gasteiger partial charge in [0, 0.05) is 13.0 Å². The van der Waals surface area contributed by atoms with E-state index in [9.17, 15) is 0 Å². The van der Waals surface area contributed by atoms with Crippen molar-refractivity contribution in [1.82, 2.24) is 0 Å². The highest BCUT2D eigenvalue weighted by molar-refractivity contribution is 6.74. The van der Waals surface area contributed by atoms with Crippen LogP contribution in [-0.2, 0) is 9.31 Å². The largest absolute Gasteiger partial charge is 0.417 e. The van der Waals surface area contributed by atoms with Crippen LogP contribution in [-0.4, -0.2) is 37.5 Å². The van der Waals surface area contributed by atoms with Gasteiger partial charge in [-0.2, -0.15) is 0 Å². The normalized spacial score (nSPS) is 17.2. The molecule has 1 atom stereocenters. The fourth-order valence-electron chi connectivity index (χ4n) is 0.892. The number of hydrogen-bond donors (Lipinski definition) is 2. The molecule has 0 saturated carbocycles. The lowest BCUT2D eigenvalue weighted by atomic mass is 10.1. The first kappa shape index (κ1) is 16.1. The summed E-state index contributed by atoms with van der Waals surface area (Å²) < 4.78 is 5.93. The first-order chi connectivity index (χ1) is 7.08. The summed E-state index contributed by atoms with van der Waals surface area (Å²) >= 11 is 0. The molecule has 2 N–H and O–H groups in total. The minimum Gasteiger partial charge on any atom is -0.417 e. The number of rotatable bonds is 6. The maximum Gasteiger partial charge on any atom is 0.191 e. The van der Waals surface area contributed by atoms with Crippen molar-refractivity contribution < 1.29 is 19.7 Å². The van der Waals surface area contributed by atoms with Crippen molar-refractivity contribution >= 4 is 8.32 Å². The summed E-state index contributed by atoms with van der Waals surface area (Å²) in [6.07, 6.45) is 0.479. The molecule has 0 fully saturated rings. The lowest BCUT2D eigenvalue weighted by Crippen LogP contribution is -2.42. The van der Waals surface area contributed by atoms with Gasteiger partial charge >= 0.3 is 0 Å². The molecule has 0 heterocycles. The Bertz CT molecular complexity index is 207. The Hall–Kier alpha value is 0.0569. The van der Waals surface area contributed by atoms with E-state index in [1.54, 1.807) is 6.92 Å². The van der Waals surface area contributed by atoms with E-state index in [2.05, 4.69) is 38.8 Å². The Morgan fingerprint density at radius 2 is 1.62 bits per heavy atom. The van der Waals surface area contributed by atoms with Gasteiger partial charge in [-0.15, -0.1) is 0 Å². The lowest BCUT2D eigenvalue weighted by molar-refractivity contribution is -0.327. The Balaban J connectivity index is 4.18. The topological polar surface area (TPSA) is 58.9 Å². The van der Waals surface area contributed by atoms with Crippen LogP contribution in [0.25, 0.3) is 0 Å². The van der Waals surface area contributed by atoms with Crippen LogP contribution in [0.15, 0.2) is 0 Å². The van der Waals surface area contributed by atoms with Crippen LogP contribution in [0.2, 0.25) is 18.1 Å². The van der Waals surface area contributed by atoms with Gasteiger partial charge in [0.2, 0.25) is 0 Å². The third kappa shape index (κ3) is 4.51. The minimum absolute atomic E-state index is 0.169. The second-order valence-electron chi connectivity index (χ2n) is 6.06. The Morgan fingerprint density at radius 3 is 1.94 bits per heavy atom. The third-order valence-corrected chi connectivity index (χ3v) is 7.99. The molecule has 1 unspecified atom stereocenters. The fraction of sp³-hybridized carbons (Fsp3) is 1.00. The molecule has 5 heteroatoms. The van der Waals surface area contributed by atoms with Gasteiger partial charge < -0.3 is 9.53 Å². The van der Waals surface area contributed by atoms with Crippen molar-refractivity contribution in [1.29, 1.82) is 0 Å². The minimum atomic E-state index is -1.75. The monoisotopic (exact) mass is 250 g/mol. The van der Waals surface area contributed by atoms with Crippen molar-refractivity contribution in [2.75, 3.05) is 13.2 Å². The molecule has 0 saturated heterocycles. The van der Waals surface area contributed by atoms with Crippen LogP contribution >= 0.6 is 0 Å². The summed E-state index contributed by atoms with van der Waals surface area (Å²) in [6, 6.07) is 0. The lowest BCUT2D eigenvalue weighted by Gasteiger charge is -2.37. The maximum absolute atomic E-state index is 9.05. The smallest absolute Gasteiger partial charge is 0.191 e. The zero-order chi connectivity index (χ0) is 13.0. The number of hydrogen-bond acceptors (Lipinski definition) is 4. The summed E-state index contributed by atoms with van der Waals surface area (Å²) in [5, 5.41) is 17.9. The SMILES string of the molecule is CC(CO)(CCO[Si](C)(C)C(C)(C)C)OO. The summed E-state index contributed by atoms with van der Waals surface area (Å²) in [4.78, 5) is 4.27. The van der Waals surface area contributed by atoms with E-state index in [0.29, 0.717) is 13.0 Å². The highest BCUT2D eigenvalue weighted by Crippen LogP contribution is 2.36. The number of aliphatic hydroxyl groups is 1. The molecular formula is C11H26O4Si. The van der Waals surface area contributed by atoms with Crippen molar-refractivity contribution in [3.8, 4) is 0 Å². The Labute approximate surface area is 99.6 Å². The molecule has 0 aliphatic rings. The molecule has 0 amide bonds. The van der Waals surface area contributed by atoms with Crippen molar-refractivity contribution in [2.24, 2.45) is 0 Å². The third-order valence-electron chi connectivity index (χ3n) is 3.45. The van der Waals surface area contributed by atoms with Gasteiger partial charge in [-0.3, -0.25) is 5.26 Å². The van der Waals surface area contributed by atoms with E-state index in [1.807, 2.05) is 0 Å². The van der Waals surface area contributed by atoms with E-state index in [4.69, 9.17) is 14.8 Å². The van der Waals surface area contributed by atoms with E-state index >= 15 is 0 Å². The molecule has 4 nitrogen and oxygen atoms in total. The van der Waals surface area contributed by atoms with Gasteiger partial charge in [0.1, 0.15) is 5.60 Å². The van der Waals surface area contributed by atoms with Crippen molar-refractivity contribution in [3.05, 3.63) is 0 Å². The molecule has 0 radical (unpaired) electrons. The highest BCUT2D eigenvalue weighted by Gasteiger charge is 2.37. The molecule has 0 aliphatic carbocycles. The quantitative estimate of drug-likeness (QED) is 0.432. The molecule has 0 aromatic rings. The summed E-state index contributed by atoms with van der Waals surface area (Å²) in [7, 11) is -1.75. The van der Waals surface area contributed by atoms with Crippen LogP contribution in [0.5, 0.6) is 0 Å².